The molecule has 0 bridgehead atoms. The number of ether oxygens (including phenoxy) is 1. The number of carbonyl (C=O) groups is 2. The third-order valence-corrected chi connectivity index (χ3v) is 6.99. The van der Waals surface area contributed by atoms with Crippen molar-refractivity contribution in [2.24, 2.45) is 0 Å². The van der Waals surface area contributed by atoms with Crippen molar-refractivity contribution in [3.8, 4) is 0 Å². The number of amides is 2. The van der Waals surface area contributed by atoms with Crippen LogP contribution in [0.5, 0.6) is 0 Å². The zero-order valence-corrected chi connectivity index (χ0v) is 18.9. The molecule has 0 spiro atoms. The van der Waals surface area contributed by atoms with Gasteiger partial charge in [0.2, 0.25) is 5.91 Å². The minimum atomic E-state index is -0.225. The molecule has 9 heteroatoms. The molecule has 1 atom stereocenters. The number of nitrogens with zero attached hydrogens (tertiary/aromatic N) is 2. The summed E-state index contributed by atoms with van der Waals surface area (Å²) in [7, 11) is 0. The predicted octanol–water partition coefficient (Wildman–Crippen LogP) is 3.93. The van der Waals surface area contributed by atoms with Gasteiger partial charge in [-0.1, -0.05) is 11.6 Å². The standard InChI is InChI=1S/C20H21BrClN3O3S/c21-18-5-4-17(29-18)20(27)23-13-10-19(26)25(12-13)14-2-3-16(15(22)11-14)24-6-1-8-28-9-7-24/h2-5,11,13H,1,6-10,12H2,(H,23,27). The van der Waals surface area contributed by atoms with Crippen LogP contribution in [0.15, 0.2) is 34.1 Å². The highest BCUT2D eigenvalue weighted by Crippen LogP contribution is 2.33. The van der Waals surface area contributed by atoms with Crippen molar-refractivity contribution in [1.82, 2.24) is 5.32 Å². The Kier molecular flexibility index (Phi) is 6.44. The van der Waals surface area contributed by atoms with Gasteiger partial charge in [-0.2, -0.15) is 0 Å². The first-order valence-corrected chi connectivity index (χ1v) is 11.5. The molecule has 29 heavy (non-hydrogen) atoms. The van der Waals surface area contributed by atoms with E-state index in [0.717, 1.165) is 41.3 Å². The van der Waals surface area contributed by atoms with Crippen LogP contribution in [0.25, 0.3) is 0 Å². The summed E-state index contributed by atoms with van der Waals surface area (Å²) in [6.07, 6.45) is 1.24. The van der Waals surface area contributed by atoms with Crippen LogP contribution in [0.3, 0.4) is 0 Å². The summed E-state index contributed by atoms with van der Waals surface area (Å²) in [5, 5.41) is 3.57. The Bertz CT molecular complexity index is 914. The van der Waals surface area contributed by atoms with Gasteiger partial charge in [0.1, 0.15) is 0 Å². The lowest BCUT2D eigenvalue weighted by molar-refractivity contribution is -0.117. The molecule has 1 aromatic heterocycles. The van der Waals surface area contributed by atoms with Crippen LogP contribution in [0, 0.1) is 0 Å². The molecular formula is C20H21BrClN3O3S. The van der Waals surface area contributed by atoms with Gasteiger partial charge in [0.15, 0.2) is 0 Å². The molecule has 2 aliphatic rings. The number of thiophene rings is 1. The van der Waals surface area contributed by atoms with Gasteiger partial charge in [0.25, 0.3) is 5.91 Å². The van der Waals surface area contributed by atoms with Gasteiger partial charge in [-0.3, -0.25) is 9.59 Å². The van der Waals surface area contributed by atoms with E-state index in [1.165, 1.54) is 11.3 Å². The Balaban J connectivity index is 1.43. The fraction of sp³-hybridized carbons (Fsp3) is 0.400. The second-order valence-electron chi connectivity index (χ2n) is 7.07. The lowest BCUT2D eigenvalue weighted by Crippen LogP contribution is -2.36. The van der Waals surface area contributed by atoms with E-state index in [2.05, 4.69) is 26.1 Å². The number of anilines is 2. The zero-order chi connectivity index (χ0) is 20.4. The Morgan fingerprint density at radius 1 is 1.24 bits per heavy atom. The van der Waals surface area contributed by atoms with Crippen LogP contribution >= 0.6 is 38.9 Å². The third-order valence-electron chi connectivity index (χ3n) is 5.06. The fourth-order valence-corrected chi connectivity index (χ4v) is 5.24. The first-order chi connectivity index (χ1) is 14.0. The second kappa shape index (κ2) is 9.04. The van der Waals surface area contributed by atoms with Crippen LogP contribution in [0.2, 0.25) is 5.02 Å². The first kappa shape index (κ1) is 20.7. The Morgan fingerprint density at radius 3 is 2.86 bits per heavy atom. The normalized spacial score (nSPS) is 20.1. The average molecular weight is 499 g/mol. The SMILES string of the molecule is O=C(NC1CC(=O)N(c2ccc(N3CCCOCC3)c(Cl)c2)C1)c1ccc(Br)s1. The predicted molar refractivity (Wildman–Crippen MR) is 119 cm³/mol. The molecule has 2 aliphatic heterocycles. The first-order valence-electron chi connectivity index (χ1n) is 9.50. The zero-order valence-electron chi connectivity index (χ0n) is 15.7. The molecule has 0 radical (unpaired) electrons. The van der Waals surface area contributed by atoms with Crippen LogP contribution in [0.4, 0.5) is 11.4 Å². The van der Waals surface area contributed by atoms with Gasteiger partial charge in [0.05, 0.1) is 32.0 Å². The molecule has 2 saturated heterocycles. The van der Waals surface area contributed by atoms with E-state index in [1.54, 1.807) is 11.0 Å². The van der Waals surface area contributed by atoms with Crippen molar-refractivity contribution in [1.29, 1.82) is 0 Å². The lowest BCUT2D eigenvalue weighted by Gasteiger charge is -2.25. The number of benzene rings is 1. The highest BCUT2D eigenvalue weighted by molar-refractivity contribution is 9.11. The third kappa shape index (κ3) is 4.77. The van der Waals surface area contributed by atoms with Gasteiger partial charge in [-0.05, 0) is 52.7 Å². The van der Waals surface area contributed by atoms with Crippen molar-refractivity contribution in [2.75, 3.05) is 42.6 Å². The van der Waals surface area contributed by atoms with Crippen LogP contribution in [-0.2, 0) is 9.53 Å². The maximum Gasteiger partial charge on any atom is 0.261 e. The largest absolute Gasteiger partial charge is 0.380 e. The molecule has 2 fully saturated rings. The molecule has 2 amide bonds. The summed E-state index contributed by atoms with van der Waals surface area (Å²) in [5.41, 5.74) is 1.71. The van der Waals surface area contributed by atoms with Crippen molar-refractivity contribution < 1.29 is 14.3 Å². The minimum absolute atomic E-state index is 0.0188. The van der Waals surface area contributed by atoms with Crippen molar-refractivity contribution in [3.63, 3.8) is 0 Å². The van der Waals surface area contributed by atoms with Crippen LogP contribution < -0.4 is 15.1 Å². The molecule has 0 aliphatic carbocycles. The van der Waals surface area contributed by atoms with E-state index in [0.29, 0.717) is 23.1 Å². The Labute approximate surface area is 186 Å². The summed E-state index contributed by atoms with van der Waals surface area (Å²) in [6, 6.07) is 9.10. The molecule has 0 saturated carbocycles. The summed E-state index contributed by atoms with van der Waals surface area (Å²) < 4.78 is 6.41. The molecule has 2 aromatic rings. The summed E-state index contributed by atoms with van der Waals surface area (Å²) in [6.45, 7) is 3.59. The van der Waals surface area contributed by atoms with Gasteiger partial charge in [-0.15, -0.1) is 11.3 Å². The van der Waals surface area contributed by atoms with Gasteiger partial charge in [-0.25, -0.2) is 0 Å². The highest BCUT2D eigenvalue weighted by Gasteiger charge is 2.32. The maximum absolute atomic E-state index is 12.6. The smallest absolute Gasteiger partial charge is 0.261 e. The molecule has 1 aromatic carbocycles. The summed E-state index contributed by atoms with van der Waals surface area (Å²) in [5.74, 6) is -0.174. The van der Waals surface area contributed by atoms with Gasteiger partial charge >= 0.3 is 0 Å². The van der Waals surface area contributed by atoms with E-state index in [1.807, 2.05) is 24.3 Å². The molecule has 1 unspecified atom stereocenters. The minimum Gasteiger partial charge on any atom is -0.380 e. The van der Waals surface area contributed by atoms with E-state index >= 15 is 0 Å². The van der Waals surface area contributed by atoms with Crippen molar-refractivity contribution in [3.05, 3.63) is 44.0 Å². The van der Waals surface area contributed by atoms with E-state index in [-0.39, 0.29) is 24.3 Å². The van der Waals surface area contributed by atoms with Gasteiger partial charge in [0, 0.05) is 38.3 Å². The summed E-state index contributed by atoms with van der Waals surface area (Å²) >= 11 is 11.3. The lowest BCUT2D eigenvalue weighted by atomic mass is 10.2. The number of hydrogen-bond acceptors (Lipinski definition) is 5. The highest BCUT2D eigenvalue weighted by atomic mass is 79.9. The number of carbonyl (C=O) groups excluding carboxylic acids is 2. The molecule has 1 N–H and O–H groups in total. The second-order valence-corrected chi connectivity index (χ2v) is 9.94. The van der Waals surface area contributed by atoms with Crippen LogP contribution in [-0.4, -0.2) is 50.7 Å². The molecule has 154 valence electrons. The number of hydrogen-bond donors (Lipinski definition) is 1. The van der Waals surface area contributed by atoms with Crippen molar-refractivity contribution >= 4 is 62.1 Å². The van der Waals surface area contributed by atoms with E-state index in [4.69, 9.17) is 16.3 Å². The molecule has 3 heterocycles. The number of rotatable bonds is 4. The van der Waals surface area contributed by atoms with Crippen LogP contribution in [0.1, 0.15) is 22.5 Å². The van der Waals surface area contributed by atoms with Gasteiger partial charge < -0.3 is 19.9 Å². The maximum atomic E-state index is 12.6. The van der Waals surface area contributed by atoms with E-state index < -0.39 is 0 Å². The van der Waals surface area contributed by atoms with E-state index in [9.17, 15) is 9.59 Å². The average Bonchev–Trinajstić information content (AvgIpc) is 3.17. The topological polar surface area (TPSA) is 61.9 Å². The Morgan fingerprint density at radius 2 is 2.10 bits per heavy atom. The fourth-order valence-electron chi connectivity index (χ4n) is 3.65. The van der Waals surface area contributed by atoms with Crippen molar-refractivity contribution in [2.45, 2.75) is 18.9 Å². The number of nitrogens with one attached hydrogen (secondary N) is 1. The molecule has 4 rings (SSSR count). The quantitative estimate of drug-likeness (QED) is 0.694. The molecule has 6 nitrogen and oxygen atoms in total. The molecular weight excluding hydrogens is 478 g/mol. The monoisotopic (exact) mass is 497 g/mol. The summed E-state index contributed by atoms with van der Waals surface area (Å²) in [4.78, 5) is 29.5. The Hall–Kier alpha value is -1.61. The number of halogens is 2.